The highest BCUT2D eigenvalue weighted by atomic mass is 16.6. The highest BCUT2D eigenvalue weighted by molar-refractivity contribution is 5.95. The Bertz CT molecular complexity index is 1870. The first-order chi connectivity index (χ1) is 28.7. The molecule has 3 aromatic rings. The van der Waals surface area contributed by atoms with Crippen LogP contribution in [-0.2, 0) is 46.4 Å². The maximum Gasteiger partial charge on any atom is 0.408 e. The van der Waals surface area contributed by atoms with Gasteiger partial charge in [-0.1, -0.05) is 80.9 Å². The smallest absolute Gasteiger partial charge is 0.408 e. The number of ether oxygens (including phenoxy) is 4. The fourth-order valence-corrected chi connectivity index (χ4v) is 6.69. The van der Waals surface area contributed by atoms with Crippen molar-refractivity contribution in [1.82, 2.24) is 20.9 Å². The molecular weight excluding hydrogens is 769 g/mol. The number of likely N-dealkylation sites (tertiary alicyclic amines) is 1. The van der Waals surface area contributed by atoms with Gasteiger partial charge in [0.2, 0.25) is 17.7 Å². The Hall–Kier alpha value is -5.92. The Labute approximate surface area is 353 Å². The van der Waals surface area contributed by atoms with E-state index in [1.807, 2.05) is 44.2 Å². The van der Waals surface area contributed by atoms with Crippen LogP contribution in [0, 0.1) is 5.92 Å². The van der Waals surface area contributed by atoms with Gasteiger partial charge in [-0.05, 0) is 94.2 Å². The minimum Gasteiger partial charge on any atom is -0.497 e. The number of amides is 4. The molecular formula is C46H60N4O10. The van der Waals surface area contributed by atoms with Crippen LogP contribution in [0.15, 0.2) is 84.9 Å². The SMILES string of the molecule is CC[C@H](C)[C@H](NC(=O)[C@@H](Cc1ccc(OC)cc1)NC(=O)[C@H](CCCCOC(=O)c1ccccc1)NC(=O)OC(C)(C)C)C(=O)N1CCC[C@@H]1C(=O)OCc1ccccc1. The fraction of sp³-hybridized carbons (Fsp3) is 0.478. The maximum absolute atomic E-state index is 14.4. The van der Waals surface area contributed by atoms with E-state index in [0.717, 1.165) is 5.56 Å². The van der Waals surface area contributed by atoms with Crippen molar-refractivity contribution in [2.24, 2.45) is 5.92 Å². The van der Waals surface area contributed by atoms with E-state index in [1.165, 1.54) is 12.0 Å². The molecule has 0 radical (unpaired) electrons. The van der Waals surface area contributed by atoms with Crippen LogP contribution in [0.4, 0.5) is 4.79 Å². The molecule has 1 saturated heterocycles. The summed E-state index contributed by atoms with van der Waals surface area (Å²) in [7, 11) is 1.54. The molecule has 324 valence electrons. The first-order valence-corrected chi connectivity index (χ1v) is 20.7. The molecule has 60 heavy (non-hydrogen) atoms. The third-order valence-electron chi connectivity index (χ3n) is 10.2. The largest absolute Gasteiger partial charge is 0.497 e. The van der Waals surface area contributed by atoms with Crippen molar-refractivity contribution in [3.05, 3.63) is 102 Å². The van der Waals surface area contributed by atoms with Crippen molar-refractivity contribution in [2.75, 3.05) is 20.3 Å². The molecule has 14 heteroatoms. The van der Waals surface area contributed by atoms with E-state index in [-0.39, 0.29) is 32.0 Å². The molecule has 0 aromatic heterocycles. The van der Waals surface area contributed by atoms with E-state index in [0.29, 0.717) is 55.5 Å². The summed E-state index contributed by atoms with van der Waals surface area (Å²) >= 11 is 0. The van der Waals surface area contributed by atoms with Gasteiger partial charge < -0.3 is 39.8 Å². The lowest BCUT2D eigenvalue weighted by molar-refractivity contribution is -0.155. The number of nitrogens with zero attached hydrogens (tertiary/aromatic N) is 1. The van der Waals surface area contributed by atoms with Gasteiger partial charge in [0.05, 0.1) is 19.3 Å². The molecule has 0 spiro atoms. The molecule has 5 atom stereocenters. The third kappa shape index (κ3) is 14.7. The first-order valence-electron chi connectivity index (χ1n) is 20.7. The van der Waals surface area contributed by atoms with Crippen LogP contribution in [-0.4, -0.2) is 90.7 Å². The van der Waals surface area contributed by atoms with Gasteiger partial charge in [-0.2, -0.15) is 0 Å². The van der Waals surface area contributed by atoms with Crippen molar-refractivity contribution < 1.29 is 47.7 Å². The van der Waals surface area contributed by atoms with Crippen LogP contribution in [0.1, 0.15) is 94.6 Å². The van der Waals surface area contributed by atoms with Crippen LogP contribution in [0.25, 0.3) is 0 Å². The zero-order valence-electron chi connectivity index (χ0n) is 35.6. The van der Waals surface area contributed by atoms with Gasteiger partial charge in [-0.25, -0.2) is 14.4 Å². The minimum atomic E-state index is -1.19. The molecule has 0 unspecified atom stereocenters. The summed E-state index contributed by atoms with van der Waals surface area (Å²) < 4.78 is 21.8. The van der Waals surface area contributed by atoms with Gasteiger partial charge in [-0.3, -0.25) is 14.4 Å². The summed E-state index contributed by atoms with van der Waals surface area (Å²) in [5, 5.41) is 8.41. The Kier molecular flexibility index (Phi) is 17.9. The normalized spacial score (nSPS) is 15.7. The summed E-state index contributed by atoms with van der Waals surface area (Å²) in [6, 6.07) is 20.7. The molecule has 14 nitrogen and oxygen atoms in total. The van der Waals surface area contributed by atoms with Gasteiger partial charge in [0, 0.05) is 13.0 Å². The van der Waals surface area contributed by atoms with Crippen molar-refractivity contribution in [3.63, 3.8) is 0 Å². The predicted molar refractivity (Wildman–Crippen MR) is 225 cm³/mol. The molecule has 4 rings (SSSR count). The molecule has 3 aromatic carbocycles. The molecule has 1 fully saturated rings. The standard InChI is InChI=1S/C46H60N4O10/c1-7-31(2)39(42(53)50-27-16-22-38(50)44(55)59-30-33-17-10-8-11-18-33)49-41(52)37(29-32-23-25-35(57-6)26-24-32)47-40(51)36(48-45(56)60-46(3,4)5)21-14-15-28-58-43(54)34-19-12-9-13-20-34/h8-13,17-20,23-26,31,36-39H,7,14-16,21-22,27-30H2,1-6H3,(H,47,51)(H,48,56)(H,49,52)/t31-,36-,37+,38+,39-/m0/s1. The van der Waals surface area contributed by atoms with E-state index in [4.69, 9.17) is 18.9 Å². The quantitative estimate of drug-likeness (QED) is 0.0705. The number of carbonyl (C=O) groups excluding carboxylic acids is 6. The monoisotopic (exact) mass is 828 g/mol. The second-order valence-corrected chi connectivity index (χ2v) is 16.0. The van der Waals surface area contributed by atoms with Crippen LogP contribution in [0.2, 0.25) is 0 Å². The van der Waals surface area contributed by atoms with Gasteiger partial charge in [0.1, 0.15) is 42.1 Å². The predicted octanol–water partition coefficient (Wildman–Crippen LogP) is 5.91. The minimum absolute atomic E-state index is 0.0374. The van der Waals surface area contributed by atoms with E-state index < -0.39 is 65.5 Å². The highest BCUT2D eigenvalue weighted by Gasteiger charge is 2.41. The third-order valence-corrected chi connectivity index (χ3v) is 10.2. The average molecular weight is 829 g/mol. The molecule has 3 N–H and O–H groups in total. The second-order valence-electron chi connectivity index (χ2n) is 16.0. The summed E-state index contributed by atoms with van der Waals surface area (Å²) in [4.78, 5) is 83.0. The average Bonchev–Trinajstić information content (AvgIpc) is 3.74. The van der Waals surface area contributed by atoms with Crippen LogP contribution in [0.5, 0.6) is 5.75 Å². The van der Waals surface area contributed by atoms with Crippen LogP contribution >= 0.6 is 0 Å². The summed E-state index contributed by atoms with van der Waals surface area (Å²) in [6.07, 6.45) is 1.68. The second kappa shape index (κ2) is 23.0. The van der Waals surface area contributed by atoms with Crippen molar-refractivity contribution in [2.45, 2.75) is 116 Å². The lowest BCUT2D eigenvalue weighted by Crippen LogP contribution is -2.59. The van der Waals surface area contributed by atoms with E-state index in [1.54, 1.807) is 75.4 Å². The van der Waals surface area contributed by atoms with E-state index in [2.05, 4.69) is 16.0 Å². The molecule has 0 saturated carbocycles. The number of unbranched alkanes of at least 4 members (excludes halogenated alkanes) is 1. The number of hydrogen-bond donors (Lipinski definition) is 3. The summed E-state index contributed by atoms with van der Waals surface area (Å²) in [5.74, 6) is -2.40. The molecule has 4 amide bonds. The van der Waals surface area contributed by atoms with E-state index >= 15 is 0 Å². The maximum atomic E-state index is 14.4. The van der Waals surface area contributed by atoms with Crippen molar-refractivity contribution in [1.29, 1.82) is 0 Å². The Morgan fingerprint density at radius 3 is 2.07 bits per heavy atom. The van der Waals surface area contributed by atoms with Gasteiger partial charge in [0.25, 0.3) is 0 Å². The lowest BCUT2D eigenvalue weighted by atomic mass is 9.96. The van der Waals surface area contributed by atoms with Crippen LogP contribution in [0.3, 0.4) is 0 Å². The molecule has 1 heterocycles. The number of rotatable bonds is 20. The molecule has 0 bridgehead atoms. The molecule has 1 aliphatic heterocycles. The van der Waals surface area contributed by atoms with Gasteiger partial charge >= 0.3 is 18.0 Å². The summed E-state index contributed by atoms with van der Waals surface area (Å²) in [6.45, 7) is 9.32. The number of methoxy groups -OCH3 is 1. The number of hydrogen-bond acceptors (Lipinski definition) is 10. The zero-order valence-corrected chi connectivity index (χ0v) is 35.6. The molecule has 0 aliphatic carbocycles. The lowest BCUT2D eigenvalue weighted by Gasteiger charge is -2.32. The fourth-order valence-electron chi connectivity index (χ4n) is 6.69. The summed E-state index contributed by atoms with van der Waals surface area (Å²) in [5.41, 5.74) is 1.09. The Morgan fingerprint density at radius 1 is 0.783 bits per heavy atom. The van der Waals surface area contributed by atoms with Crippen molar-refractivity contribution >= 4 is 35.8 Å². The van der Waals surface area contributed by atoms with Crippen LogP contribution < -0.4 is 20.7 Å². The first kappa shape index (κ1) is 46.8. The Balaban J connectivity index is 1.51. The number of alkyl carbamates (subject to hydrolysis) is 1. The molecule has 1 aliphatic rings. The van der Waals surface area contributed by atoms with Gasteiger partial charge in [0.15, 0.2) is 0 Å². The topological polar surface area (TPSA) is 179 Å². The zero-order chi connectivity index (χ0) is 43.7. The Morgan fingerprint density at radius 2 is 1.43 bits per heavy atom. The number of nitrogens with one attached hydrogen (secondary N) is 3. The highest BCUT2D eigenvalue weighted by Crippen LogP contribution is 2.23. The number of esters is 2. The van der Waals surface area contributed by atoms with Crippen molar-refractivity contribution in [3.8, 4) is 5.75 Å². The number of carbonyl (C=O) groups is 6. The van der Waals surface area contributed by atoms with Gasteiger partial charge in [-0.15, -0.1) is 0 Å². The number of benzene rings is 3. The van der Waals surface area contributed by atoms with E-state index in [9.17, 15) is 28.8 Å².